The Kier molecular flexibility index (Phi) is 6.92. The summed E-state index contributed by atoms with van der Waals surface area (Å²) in [7, 11) is 0. The number of nitrogens with one attached hydrogen (secondary N) is 1. The van der Waals surface area contributed by atoms with Crippen molar-refractivity contribution in [2.24, 2.45) is 0 Å². The van der Waals surface area contributed by atoms with Crippen LogP contribution in [0.1, 0.15) is 35.9 Å². The number of rotatable bonds is 5. The number of aromatic nitrogens is 2. The number of fused-ring (bicyclic) bond motifs is 6. The Morgan fingerprint density at radius 2 is 0.920 bits per heavy atom. The van der Waals surface area contributed by atoms with Crippen molar-refractivity contribution in [3.63, 3.8) is 0 Å². The quantitative estimate of drug-likeness (QED) is 0.198. The average molecular weight is 644 g/mol. The lowest BCUT2D eigenvalue weighted by Gasteiger charge is -2.31. The van der Waals surface area contributed by atoms with Gasteiger partial charge in [0.1, 0.15) is 0 Å². The van der Waals surface area contributed by atoms with Crippen molar-refractivity contribution in [1.82, 2.24) is 14.5 Å². The van der Waals surface area contributed by atoms with Crippen LogP contribution >= 0.6 is 0 Å². The van der Waals surface area contributed by atoms with Crippen molar-refractivity contribution in [1.29, 1.82) is 0 Å². The van der Waals surface area contributed by atoms with E-state index in [0.29, 0.717) is 12.0 Å². The molecule has 50 heavy (non-hydrogen) atoms. The molecule has 2 unspecified atom stereocenters. The Morgan fingerprint density at radius 1 is 0.420 bits per heavy atom. The van der Waals surface area contributed by atoms with Crippen LogP contribution in [-0.2, 0) is 0 Å². The van der Waals surface area contributed by atoms with Gasteiger partial charge in [-0.25, -0.2) is 0 Å². The molecule has 2 aromatic heterocycles. The van der Waals surface area contributed by atoms with Crippen LogP contribution in [-0.4, -0.2) is 15.7 Å². The molecule has 10 rings (SSSR count). The molecule has 3 heterocycles. The molecule has 3 nitrogen and oxygen atoms in total. The van der Waals surface area contributed by atoms with E-state index in [1.54, 1.807) is 0 Å². The summed E-state index contributed by atoms with van der Waals surface area (Å²) < 4.78 is 4.78. The predicted molar refractivity (Wildman–Crippen MR) is 210 cm³/mol. The summed E-state index contributed by atoms with van der Waals surface area (Å²) in [6, 6.07) is 62.8. The molecule has 9 aromatic rings. The highest BCUT2D eigenvalue weighted by Crippen LogP contribution is 2.38. The Labute approximate surface area is 292 Å². The third kappa shape index (κ3) is 4.77. The topological polar surface area (TPSA) is 21.9 Å². The maximum absolute atomic E-state index is 3.82. The zero-order chi connectivity index (χ0) is 33.0. The van der Waals surface area contributed by atoms with Crippen LogP contribution in [0.2, 0.25) is 0 Å². The number of nitrogens with zero attached hydrogens (tertiary/aromatic N) is 2. The molecule has 1 aliphatic rings. The number of piperidine rings is 1. The van der Waals surface area contributed by atoms with Gasteiger partial charge in [0.25, 0.3) is 0 Å². The van der Waals surface area contributed by atoms with Crippen LogP contribution in [0.25, 0.3) is 66.1 Å². The van der Waals surface area contributed by atoms with Crippen LogP contribution in [0.4, 0.5) is 0 Å². The maximum Gasteiger partial charge on any atom is 0.0541 e. The summed E-state index contributed by atoms with van der Waals surface area (Å²) in [6.45, 7) is 1.02. The Hall–Kier alpha value is -5.90. The van der Waals surface area contributed by atoms with Crippen LogP contribution in [0.3, 0.4) is 0 Å². The van der Waals surface area contributed by atoms with Crippen LogP contribution in [0.15, 0.2) is 170 Å². The fourth-order valence-electron chi connectivity index (χ4n) is 8.49. The fourth-order valence-corrected chi connectivity index (χ4v) is 8.49. The van der Waals surface area contributed by atoms with E-state index in [1.165, 1.54) is 77.2 Å². The Morgan fingerprint density at radius 3 is 1.56 bits per heavy atom. The van der Waals surface area contributed by atoms with E-state index in [1.807, 2.05) is 0 Å². The van der Waals surface area contributed by atoms with Gasteiger partial charge in [-0.15, -0.1) is 0 Å². The van der Waals surface area contributed by atoms with E-state index in [4.69, 9.17) is 0 Å². The summed E-state index contributed by atoms with van der Waals surface area (Å²) in [5.74, 6) is 0.525. The van der Waals surface area contributed by atoms with E-state index < -0.39 is 0 Å². The van der Waals surface area contributed by atoms with Gasteiger partial charge in [-0.3, -0.25) is 0 Å². The van der Waals surface area contributed by atoms with Gasteiger partial charge in [0.2, 0.25) is 0 Å². The molecule has 0 saturated carbocycles. The number of benzene rings is 7. The molecule has 1 saturated heterocycles. The third-order valence-corrected chi connectivity index (χ3v) is 10.9. The van der Waals surface area contributed by atoms with E-state index in [0.717, 1.165) is 19.4 Å². The van der Waals surface area contributed by atoms with Gasteiger partial charge < -0.3 is 14.5 Å². The number of hydrogen-bond donors (Lipinski definition) is 1. The molecule has 2 atom stereocenters. The molecule has 240 valence electrons. The van der Waals surface area contributed by atoms with E-state index in [9.17, 15) is 0 Å². The van der Waals surface area contributed by atoms with Gasteiger partial charge in [0, 0.05) is 39.0 Å². The van der Waals surface area contributed by atoms with Gasteiger partial charge in [-0.05, 0) is 102 Å². The Bertz CT molecular complexity index is 2590. The summed E-state index contributed by atoms with van der Waals surface area (Å²) in [4.78, 5) is 0. The van der Waals surface area contributed by atoms with Crippen molar-refractivity contribution < 1.29 is 0 Å². The second kappa shape index (κ2) is 11.9. The minimum absolute atomic E-state index is 0.339. The maximum atomic E-state index is 3.82. The SMILES string of the molecule is c1ccc(-n2c3ccccc3c3cc(-c4ccc(C5CC(c6ccc(-n7c8ccccc8c8ccccc87)cc6)CCN5)cc4)ccc32)cc1. The molecule has 3 heteroatoms. The van der Waals surface area contributed by atoms with Crippen molar-refractivity contribution in [3.8, 4) is 22.5 Å². The fraction of sp³-hybridized carbons (Fsp3) is 0.106. The molecule has 0 bridgehead atoms. The van der Waals surface area contributed by atoms with E-state index >= 15 is 0 Å². The molecule has 0 amide bonds. The predicted octanol–water partition coefficient (Wildman–Crippen LogP) is 11.8. The first-order valence-electron chi connectivity index (χ1n) is 17.8. The van der Waals surface area contributed by atoms with E-state index in [-0.39, 0.29) is 0 Å². The summed E-state index contributed by atoms with van der Waals surface area (Å²) in [6.07, 6.45) is 2.25. The van der Waals surface area contributed by atoms with Gasteiger partial charge in [-0.1, -0.05) is 115 Å². The highest BCUT2D eigenvalue weighted by molar-refractivity contribution is 6.11. The van der Waals surface area contributed by atoms with E-state index in [2.05, 4.69) is 184 Å². The zero-order valence-electron chi connectivity index (χ0n) is 27.8. The smallest absolute Gasteiger partial charge is 0.0541 e. The normalized spacial score (nSPS) is 16.5. The lowest BCUT2D eigenvalue weighted by molar-refractivity contribution is 0.370. The highest BCUT2D eigenvalue weighted by atomic mass is 15.0. The van der Waals surface area contributed by atoms with Gasteiger partial charge in [-0.2, -0.15) is 0 Å². The van der Waals surface area contributed by atoms with Crippen LogP contribution in [0, 0.1) is 0 Å². The van der Waals surface area contributed by atoms with Crippen LogP contribution in [0.5, 0.6) is 0 Å². The molecule has 0 spiro atoms. The summed E-state index contributed by atoms with van der Waals surface area (Å²) in [5.41, 5.74) is 12.7. The molecule has 7 aromatic carbocycles. The monoisotopic (exact) mass is 643 g/mol. The van der Waals surface area contributed by atoms with Crippen LogP contribution < -0.4 is 5.32 Å². The van der Waals surface area contributed by atoms with Crippen molar-refractivity contribution in [2.75, 3.05) is 6.54 Å². The highest BCUT2D eigenvalue weighted by Gasteiger charge is 2.24. The second-order valence-corrected chi connectivity index (χ2v) is 13.7. The largest absolute Gasteiger partial charge is 0.310 e. The molecule has 1 aliphatic heterocycles. The second-order valence-electron chi connectivity index (χ2n) is 13.7. The molecule has 0 radical (unpaired) electrons. The van der Waals surface area contributed by atoms with Gasteiger partial charge >= 0.3 is 0 Å². The minimum atomic E-state index is 0.339. The van der Waals surface area contributed by atoms with Gasteiger partial charge in [0.15, 0.2) is 0 Å². The lowest BCUT2D eigenvalue weighted by Crippen LogP contribution is -2.30. The first-order valence-corrected chi connectivity index (χ1v) is 17.8. The van der Waals surface area contributed by atoms with Crippen molar-refractivity contribution >= 4 is 43.6 Å². The molecule has 1 fully saturated rings. The average Bonchev–Trinajstić information content (AvgIpc) is 3.71. The molecular weight excluding hydrogens is 607 g/mol. The zero-order valence-corrected chi connectivity index (χ0v) is 27.8. The van der Waals surface area contributed by atoms with Crippen molar-refractivity contribution in [2.45, 2.75) is 24.8 Å². The molecule has 0 aliphatic carbocycles. The standard InChI is InChI=1S/C47H37N3/c1-2-10-37(11-3-1)49-46-17-9-6-14-41(46)42-30-35(24-27-47(42)49)32-18-20-34(21-19-32)43-31-36(28-29-48-43)33-22-25-38(26-23-33)50-44-15-7-4-12-39(44)40-13-5-8-16-45(40)50/h1-27,30,36,43,48H,28-29,31H2. The molecular formula is C47H37N3. The summed E-state index contributed by atoms with van der Waals surface area (Å²) in [5, 5.41) is 8.99. The van der Waals surface area contributed by atoms with Crippen molar-refractivity contribution in [3.05, 3.63) is 181 Å². The first kappa shape index (κ1) is 29.1. The molecule has 1 N–H and O–H groups in total. The Balaban J connectivity index is 0.912. The third-order valence-electron chi connectivity index (χ3n) is 10.9. The minimum Gasteiger partial charge on any atom is -0.310 e. The number of hydrogen-bond acceptors (Lipinski definition) is 1. The van der Waals surface area contributed by atoms with Gasteiger partial charge in [0.05, 0.1) is 22.1 Å². The number of para-hydroxylation sites is 4. The lowest BCUT2D eigenvalue weighted by atomic mass is 9.84. The first-order chi connectivity index (χ1) is 24.8. The summed E-state index contributed by atoms with van der Waals surface area (Å²) >= 11 is 0.